The minimum Gasteiger partial charge on any atom is -0.385 e. The first-order valence-corrected chi connectivity index (χ1v) is 11.0. The second-order valence-electron chi connectivity index (χ2n) is 8.45. The lowest BCUT2D eigenvalue weighted by atomic mass is 9.82. The van der Waals surface area contributed by atoms with Crippen molar-refractivity contribution in [3.8, 4) is 0 Å². The molecule has 1 N–H and O–H groups in total. The van der Waals surface area contributed by atoms with Crippen LogP contribution in [0.5, 0.6) is 0 Å². The molecule has 0 spiro atoms. The van der Waals surface area contributed by atoms with Crippen LogP contribution in [0.1, 0.15) is 17.5 Å². The number of halogens is 4. The maximum Gasteiger partial charge on any atom is 0.416 e. The highest BCUT2D eigenvalue weighted by molar-refractivity contribution is 5.82. The minimum absolute atomic E-state index is 0.196. The summed E-state index contributed by atoms with van der Waals surface area (Å²) in [6.07, 6.45) is -3.62. The average molecular weight is 465 g/mol. The summed E-state index contributed by atoms with van der Waals surface area (Å²) in [6.45, 7) is 2.30. The predicted molar refractivity (Wildman–Crippen MR) is 118 cm³/mol. The average Bonchev–Trinajstić information content (AvgIpc) is 2.80. The first-order chi connectivity index (χ1) is 15.8. The molecule has 1 saturated heterocycles. The molecule has 2 heterocycles. The van der Waals surface area contributed by atoms with E-state index in [-0.39, 0.29) is 24.2 Å². The third-order valence-corrected chi connectivity index (χ3v) is 6.39. The van der Waals surface area contributed by atoms with Gasteiger partial charge in [-0.2, -0.15) is 13.2 Å². The van der Waals surface area contributed by atoms with Crippen molar-refractivity contribution in [2.45, 2.75) is 25.1 Å². The highest BCUT2D eigenvalue weighted by Gasteiger charge is 2.43. The molecule has 0 aliphatic carbocycles. The third kappa shape index (κ3) is 4.93. The molecule has 2 aromatic rings. The lowest BCUT2D eigenvalue weighted by Crippen LogP contribution is -2.61. The van der Waals surface area contributed by atoms with Crippen molar-refractivity contribution >= 4 is 17.3 Å². The van der Waals surface area contributed by atoms with E-state index in [0.29, 0.717) is 56.1 Å². The molecule has 2 aliphatic rings. The molecule has 5 nitrogen and oxygen atoms in total. The number of nitrogens with one attached hydrogen (secondary N) is 1. The molecule has 2 atom stereocenters. The van der Waals surface area contributed by atoms with E-state index in [4.69, 9.17) is 4.74 Å². The molecule has 9 heteroatoms. The van der Waals surface area contributed by atoms with Crippen molar-refractivity contribution in [3.63, 3.8) is 0 Å². The maximum atomic E-state index is 14.4. The van der Waals surface area contributed by atoms with Gasteiger partial charge in [-0.05, 0) is 48.7 Å². The van der Waals surface area contributed by atoms with Crippen LogP contribution in [-0.4, -0.2) is 51.8 Å². The molecular formula is C24H27F4N3O2. The zero-order chi connectivity index (χ0) is 23.6. The van der Waals surface area contributed by atoms with Crippen LogP contribution in [0.4, 0.5) is 28.9 Å². The fraction of sp³-hybridized carbons (Fsp3) is 0.458. The minimum atomic E-state index is -4.45. The number of para-hydroxylation sites is 1. The highest BCUT2D eigenvalue weighted by Crippen LogP contribution is 2.40. The van der Waals surface area contributed by atoms with E-state index in [1.165, 1.54) is 12.1 Å². The Morgan fingerprint density at radius 2 is 1.94 bits per heavy atom. The number of methoxy groups -OCH3 is 1. The van der Waals surface area contributed by atoms with E-state index in [1.807, 2.05) is 9.80 Å². The van der Waals surface area contributed by atoms with Crippen LogP contribution >= 0.6 is 0 Å². The number of rotatable bonds is 6. The van der Waals surface area contributed by atoms with Crippen LogP contribution in [0, 0.1) is 11.7 Å². The quantitative estimate of drug-likeness (QED) is 0.520. The van der Waals surface area contributed by atoms with E-state index in [0.717, 1.165) is 12.1 Å². The largest absolute Gasteiger partial charge is 0.416 e. The van der Waals surface area contributed by atoms with Crippen LogP contribution in [-0.2, 0) is 22.1 Å². The van der Waals surface area contributed by atoms with E-state index in [9.17, 15) is 22.4 Å². The Labute approximate surface area is 190 Å². The van der Waals surface area contributed by atoms with Crippen LogP contribution in [0.15, 0.2) is 42.5 Å². The van der Waals surface area contributed by atoms with Crippen LogP contribution < -0.4 is 15.1 Å². The van der Waals surface area contributed by atoms with E-state index >= 15 is 0 Å². The summed E-state index contributed by atoms with van der Waals surface area (Å²) in [5.41, 5.74) is 0.973. The number of amides is 1. The molecule has 33 heavy (non-hydrogen) atoms. The number of carbonyl (C=O) groups excluding carboxylic acids is 1. The van der Waals surface area contributed by atoms with Gasteiger partial charge in [-0.1, -0.05) is 12.1 Å². The Bertz CT molecular complexity index is 998. The second-order valence-corrected chi connectivity index (χ2v) is 8.45. The molecule has 2 aliphatic heterocycles. The maximum absolute atomic E-state index is 14.4. The van der Waals surface area contributed by atoms with Crippen LogP contribution in [0.25, 0.3) is 0 Å². The summed E-state index contributed by atoms with van der Waals surface area (Å²) in [4.78, 5) is 17.0. The van der Waals surface area contributed by atoms with Gasteiger partial charge in [-0.15, -0.1) is 0 Å². The SMILES string of the molecule is COCCCNC(=O)[C@@H]1Cc2cc(C(F)(F)F)ccc2N2CCN(c3ccccc3F)C[C@@H]12. The smallest absolute Gasteiger partial charge is 0.385 e. The fourth-order valence-electron chi connectivity index (χ4n) is 4.79. The summed E-state index contributed by atoms with van der Waals surface area (Å²) in [5.74, 6) is -1.10. The molecule has 0 saturated carbocycles. The van der Waals surface area contributed by atoms with Gasteiger partial charge in [0.2, 0.25) is 5.91 Å². The Balaban J connectivity index is 1.63. The Morgan fingerprint density at radius 3 is 2.67 bits per heavy atom. The van der Waals surface area contributed by atoms with Crippen molar-refractivity contribution in [3.05, 3.63) is 59.4 Å². The van der Waals surface area contributed by atoms with Gasteiger partial charge in [-0.3, -0.25) is 4.79 Å². The Kier molecular flexibility index (Phi) is 6.78. The zero-order valence-corrected chi connectivity index (χ0v) is 18.4. The lowest BCUT2D eigenvalue weighted by molar-refractivity contribution is -0.137. The highest BCUT2D eigenvalue weighted by atomic mass is 19.4. The molecule has 1 amide bonds. The van der Waals surface area contributed by atoms with Gasteiger partial charge in [0.15, 0.2) is 0 Å². The molecule has 0 unspecified atom stereocenters. The third-order valence-electron chi connectivity index (χ3n) is 6.39. The standard InChI is InChI=1S/C24H27F4N3O2/c1-33-12-4-9-29-23(32)18-14-16-13-17(24(26,27)28)7-8-20(16)31-11-10-30(15-22(18)31)21-6-3-2-5-19(21)25/h2-3,5-8,13,18,22H,4,9-12,14-15H2,1H3,(H,29,32)/t18-,22+/m1/s1. The van der Waals surface area contributed by atoms with Gasteiger partial charge in [0.25, 0.3) is 0 Å². The molecule has 1 fully saturated rings. The van der Waals surface area contributed by atoms with Crippen molar-refractivity contribution in [1.29, 1.82) is 0 Å². The zero-order valence-electron chi connectivity index (χ0n) is 18.4. The topological polar surface area (TPSA) is 44.8 Å². The number of benzene rings is 2. The summed E-state index contributed by atoms with van der Waals surface area (Å²) in [5, 5.41) is 2.90. The van der Waals surface area contributed by atoms with Gasteiger partial charge < -0.3 is 19.9 Å². The van der Waals surface area contributed by atoms with Gasteiger partial charge in [-0.25, -0.2) is 4.39 Å². The molecule has 4 rings (SSSR count). The number of alkyl halides is 3. The van der Waals surface area contributed by atoms with Crippen molar-refractivity contribution < 1.29 is 27.1 Å². The van der Waals surface area contributed by atoms with E-state index in [1.54, 1.807) is 25.3 Å². The molecule has 178 valence electrons. The van der Waals surface area contributed by atoms with Crippen LogP contribution in [0.3, 0.4) is 0 Å². The molecule has 0 bridgehead atoms. The molecule has 2 aromatic carbocycles. The fourth-order valence-corrected chi connectivity index (χ4v) is 4.79. The van der Waals surface area contributed by atoms with E-state index in [2.05, 4.69) is 5.32 Å². The second kappa shape index (κ2) is 9.59. The predicted octanol–water partition coefficient (Wildman–Crippen LogP) is 3.86. The summed E-state index contributed by atoms with van der Waals surface area (Å²) >= 11 is 0. The molecular weight excluding hydrogens is 438 g/mol. The Hall–Kier alpha value is -2.81. The first kappa shape index (κ1) is 23.4. The van der Waals surface area contributed by atoms with Crippen LogP contribution in [0.2, 0.25) is 0 Å². The van der Waals surface area contributed by atoms with Gasteiger partial charge >= 0.3 is 6.18 Å². The van der Waals surface area contributed by atoms with Gasteiger partial charge in [0, 0.05) is 45.6 Å². The number of fused-ring (bicyclic) bond motifs is 3. The number of nitrogens with zero attached hydrogens (tertiary/aromatic N) is 2. The first-order valence-electron chi connectivity index (χ1n) is 11.0. The van der Waals surface area contributed by atoms with E-state index < -0.39 is 17.7 Å². The number of carbonyl (C=O) groups is 1. The number of piperazine rings is 1. The summed E-state index contributed by atoms with van der Waals surface area (Å²) in [7, 11) is 1.58. The lowest BCUT2D eigenvalue weighted by Gasteiger charge is -2.49. The molecule has 0 aromatic heterocycles. The monoisotopic (exact) mass is 465 g/mol. The number of anilines is 2. The number of hydrogen-bond donors (Lipinski definition) is 1. The number of hydrogen-bond acceptors (Lipinski definition) is 4. The van der Waals surface area contributed by atoms with Crippen molar-refractivity contribution in [2.75, 3.05) is 49.7 Å². The van der Waals surface area contributed by atoms with Crippen molar-refractivity contribution in [2.24, 2.45) is 5.92 Å². The summed E-state index contributed by atoms with van der Waals surface area (Å²) in [6, 6.07) is 9.94. The Morgan fingerprint density at radius 1 is 1.15 bits per heavy atom. The molecule has 0 radical (unpaired) electrons. The normalized spacial score (nSPS) is 20.3. The van der Waals surface area contributed by atoms with Gasteiger partial charge in [0.1, 0.15) is 5.82 Å². The summed E-state index contributed by atoms with van der Waals surface area (Å²) < 4.78 is 59.4. The van der Waals surface area contributed by atoms with Crippen molar-refractivity contribution in [1.82, 2.24) is 5.32 Å². The number of ether oxygens (including phenoxy) is 1. The van der Waals surface area contributed by atoms with Gasteiger partial charge in [0.05, 0.1) is 23.2 Å².